The van der Waals surface area contributed by atoms with Crippen LogP contribution in [-0.4, -0.2) is 42.4 Å². The van der Waals surface area contributed by atoms with Gasteiger partial charge in [-0.2, -0.15) is 0 Å². The molecule has 0 atom stereocenters. The zero-order chi connectivity index (χ0) is 14.7. The molecule has 1 aromatic heterocycles. The van der Waals surface area contributed by atoms with Crippen molar-refractivity contribution < 1.29 is 9.59 Å². The number of rotatable bonds is 4. The maximum absolute atomic E-state index is 12.6. The van der Waals surface area contributed by atoms with Crippen molar-refractivity contribution in [2.75, 3.05) is 19.6 Å². The van der Waals surface area contributed by atoms with Gasteiger partial charge >= 0.3 is 0 Å². The van der Waals surface area contributed by atoms with Crippen molar-refractivity contribution in [3.05, 3.63) is 20.3 Å². The van der Waals surface area contributed by atoms with Crippen LogP contribution in [0.3, 0.4) is 0 Å². The van der Waals surface area contributed by atoms with Gasteiger partial charge in [-0.05, 0) is 60.4 Å². The quantitative estimate of drug-likeness (QED) is 0.855. The minimum absolute atomic E-state index is 0.0158. The minimum atomic E-state index is -0.468. The molecule has 0 bridgehead atoms. The number of carbonyl (C=O) groups is 2. The molecule has 20 heavy (non-hydrogen) atoms. The second kappa shape index (κ2) is 6.69. The molecule has 3 N–H and O–H groups in total. The van der Waals surface area contributed by atoms with Crippen LogP contribution in [0.2, 0.25) is 0 Å². The summed E-state index contributed by atoms with van der Waals surface area (Å²) in [6.45, 7) is 3.65. The molecule has 1 aliphatic heterocycles. The average Bonchev–Trinajstić information content (AvgIpc) is 2.76. The molecule has 2 rings (SSSR count). The molecule has 1 fully saturated rings. The Hall–Kier alpha value is -0.920. The van der Waals surface area contributed by atoms with Crippen molar-refractivity contribution in [1.82, 2.24) is 10.2 Å². The van der Waals surface area contributed by atoms with Crippen LogP contribution in [0.15, 0.2) is 9.85 Å². The molecule has 1 saturated heterocycles. The van der Waals surface area contributed by atoms with Gasteiger partial charge in [0.2, 0.25) is 5.91 Å². The van der Waals surface area contributed by atoms with Gasteiger partial charge in [0.1, 0.15) is 0 Å². The lowest BCUT2D eigenvalue weighted by Gasteiger charge is -2.33. The van der Waals surface area contributed by atoms with Crippen molar-refractivity contribution in [3.63, 3.8) is 0 Å². The van der Waals surface area contributed by atoms with Gasteiger partial charge in [-0.1, -0.05) is 0 Å². The van der Waals surface area contributed by atoms with Gasteiger partial charge in [0.05, 0.1) is 15.2 Å². The first-order valence-electron chi connectivity index (χ1n) is 6.55. The summed E-state index contributed by atoms with van der Waals surface area (Å²) >= 11 is 4.83. The lowest BCUT2D eigenvalue weighted by molar-refractivity contribution is -0.119. The fourth-order valence-electron chi connectivity index (χ4n) is 2.36. The van der Waals surface area contributed by atoms with E-state index in [4.69, 9.17) is 5.73 Å². The molecule has 0 spiro atoms. The average molecular weight is 360 g/mol. The maximum atomic E-state index is 12.6. The first-order chi connectivity index (χ1) is 9.49. The highest BCUT2D eigenvalue weighted by Gasteiger charge is 2.28. The standard InChI is InChI=1S/C13H18BrN3O2S/c1-8-6-10(20-12(8)14)13(19)17(7-11(15)18)9-2-4-16-5-3-9/h6,9,16H,2-5,7H2,1H3,(H2,15,18). The van der Waals surface area contributed by atoms with Gasteiger partial charge < -0.3 is 16.0 Å². The molecule has 7 heteroatoms. The fourth-order valence-corrected chi connectivity index (χ4v) is 3.85. The number of amides is 2. The molecule has 0 saturated carbocycles. The Morgan fingerprint density at radius 3 is 2.65 bits per heavy atom. The van der Waals surface area contributed by atoms with E-state index in [2.05, 4.69) is 21.2 Å². The number of piperidine rings is 1. The van der Waals surface area contributed by atoms with E-state index < -0.39 is 5.91 Å². The Labute approximate surface area is 130 Å². The third-order valence-corrected chi connectivity index (χ3v) is 5.53. The van der Waals surface area contributed by atoms with Crippen LogP contribution in [0.1, 0.15) is 28.1 Å². The summed E-state index contributed by atoms with van der Waals surface area (Å²) < 4.78 is 0.949. The van der Waals surface area contributed by atoms with Gasteiger partial charge in [0.15, 0.2) is 0 Å². The van der Waals surface area contributed by atoms with Gasteiger partial charge in [-0.3, -0.25) is 9.59 Å². The summed E-state index contributed by atoms with van der Waals surface area (Å²) in [6, 6.07) is 1.93. The number of nitrogens with zero attached hydrogens (tertiary/aromatic N) is 1. The van der Waals surface area contributed by atoms with E-state index in [1.807, 2.05) is 13.0 Å². The summed E-state index contributed by atoms with van der Waals surface area (Å²) in [6.07, 6.45) is 1.70. The second-order valence-electron chi connectivity index (χ2n) is 4.95. The zero-order valence-electron chi connectivity index (χ0n) is 11.3. The van der Waals surface area contributed by atoms with Crippen molar-refractivity contribution in [3.8, 4) is 0 Å². The summed E-state index contributed by atoms with van der Waals surface area (Å²) in [5.74, 6) is -0.571. The number of nitrogens with two attached hydrogens (primary N) is 1. The first-order valence-corrected chi connectivity index (χ1v) is 8.16. The number of aryl methyl sites for hydroxylation is 1. The number of primary amides is 1. The number of nitrogens with one attached hydrogen (secondary N) is 1. The predicted octanol–water partition coefficient (Wildman–Crippen LogP) is 1.50. The van der Waals surface area contributed by atoms with Crippen LogP contribution in [0.25, 0.3) is 0 Å². The van der Waals surface area contributed by atoms with Crippen molar-refractivity contribution in [2.24, 2.45) is 5.73 Å². The highest BCUT2D eigenvalue weighted by molar-refractivity contribution is 9.11. The van der Waals surface area contributed by atoms with Crippen molar-refractivity contribution >= 4 is 39.1 Å². The lowest BCUT2D eigenvalue weighted by Crippen LogP contribution is -2.49. The molecule has 5 nitrogen and oxygen atoms in total. The van der Waals surface area contributed by atoms with E-state index in [0.29, 0.717) is 4.88 Å². The number of carbonyl (C=O) groups excluding carboxylic acids is 2. The lowest BCUT2D eigenvalue weighted by atomic mass is 10.0. The van der Waals surface area contributed by atoms with Crippen LogP contribution in [0.4, 0.5) is 0 Å². The predicted molar refractivity (Wildman–Crippen MR) is 82.9 cm³/mol. The van der Waals surface area contributed by atoms with Crippen LogP contribution in [0.5, 0.6) is 0 Å². The van der Waals surface area contributed by atoms with Crippen LogP contribution in [-0.2, 0) is 4.79 Å². The molecular formula is C13H18BrN3O2S. The molecule has 0 aliphatic carbocycles. The second-order valence-corrected chi connectivity index (χ2v) is 7.32. The van der Waals surface area contributed by atoms with Crippen LogP contribution < -0.4 is 11.1 Å². The topological polar surface area (TPSA) is 75.4 Å². The summed E-state index contributed by atoms with van der Waals surface area (Å²) in [5, 5.41) is 3.26. The summed E-state index contributed by atoms with van der Waals surface area (Å²) in [7, 11) is 0. The first kappa shape index (κ1) is 15.5. The summed E-state index contributed by atoms with van der Waals surface area (Å²) in [5.41, 5.74) is 6.33. The van der Waals surface area contributed by atoms with Gasteiger partial charge in [-0.25, -0.2) is 0 Å². The van der Waals surface area contributed by atoms with E-state index in [-0.39, 0.29) is 18.5 Å². The Morgan fingerprint density at radius 1 is 1.50 bits per heavy atom. The Bertz CT molecular complexity index is 492. The molecule has 2 amide bonds. The van der Waals surface area contributed by atoms with E-state index in [1.54, 1.807) is 4.90 Å². The third-order valence-electron chi connectivity index (χ3n) is 3.40. The highest BCUT2D eigenvalue weighted by atomic mass is 79.9. The number of halogens is 1. The van der Waals surface area contributed by atoms with E-state index in [1.165, 1.54) is 11.3 Å². The van der Waals surface area contributed by atoms with E-state index in [9.17, 15) is 9.59 Å². The zero-order valence-corrected chi connectivity index (χ0v) is 13.7. The Morgan fingerprint density at radius 2 is 2.15 bits per heavy atom. The number of hydrogen-bond donors (Lipinski definition) is 2. The van der Waals surface area contributed by atoms with Crippen LogP contribution in [0, 0.1) is 6.92 Å². The summed E-state index contributed by atoms with van der Waals surface area (Å²) in [4.78, 5) is 26.2. The maximum Gasteiger partial charge on any atom is 0.264 e. The third kappa shape index (κ3) is 3.59. The monoisotopic (exact) mass is 359 g/mol. The van der Waals surface area contributed by atoms with Gasteiger partial charge in [-0.15, -0.1) is 11.3 Å². The molecule has 0 unspecified atom stereocenters. The van der Waals surface area contributed by atoms with Gasteiger partial charge in [0.25, 0.3) is 5.91 Å². The molecule has 110 valence electrons. The molecule has 0 aromatic carbocycles. The Balaban J connectivity index is 2.20. The van der Waals surface area contributed by atoms with E-state index in [0.717, 1.165) is 35.3 Å². The number of thiophene rings is 1. The Kier molecular flexibility index (Phi) is 5.17. The van der Waals surface area contributed by atoms with Crippen molar-refractivity contribution in [2.45, 2.75) is 25.8 Å². The minimum Gasteiger partial charge on any atom is -0.368 e. The van der Waals surface area contributed by atoms with Gasteiger partial charge in [0, 0.05) is 6.04 Å². The SMILES string of the molecule is Cc1cc(C(=O)N(CC(N)=O)C2CCNCC2)sc1Br. The molecular weight excluding hydrogens is 342 g/mol. The fraction of sp³-hybridized carbons (Fsp3) is 0.538. The largest absolute Gasteiger partial charge is 0.368 e. The van der Waals surface area contributed by atoms with Crippen molar-refractivity contribution in [1.29, 1.82) is 0 Å². The highest BCUT2D eigenvalue weighted by Crippen LogP contribution is 2.29. The van der Waals surface area contributed by atoms with Crippen LogP contribution >= 0.6 is 27.3 Å². The number of hydrogen-bond acceptors (Lipinski definition) is 4. The smallest absolute Gasteiger partial charge is 0.264 e. The normalized spacial score (nSPS) is 16.1. The molecule has 1 aromatic rings. The molecule has 0 radical (unpaired) electrons. The molecule has 2 heterocycles. The molecule has 1 aliphatic rings. The van der Waals surface area contributed by atoms with E-state index >= 15 is 0 Å².